The Bertz CT molecular complexity index is 745. The van der Waals surface area contributed by atoms with Gasteiger partial charge < -0.3 is 14.3 Å². The Morgan fingerprint density at radius 1 is 1.08 bits per heavy atom. The van der Waals surface area contributed by atoms with Gasteiger partial charge in [0.1, 0.15) is 5.76 Å². The number of amides is 2. The highest BCUT2D eigenvalue weighted by Gasteiger charge is 2.25. The van der Waals surface area contributed by atoms with Gasteiger partial charge in [-0.2, -0.15) is 0 Å². The number of benzene rings is 1. The third-order valence-electron chi connectivity index (χ3n) is 4.19. The van der Waals surface area contributed by atoms with Crippen LogP contribution in [0.5, 0.6) is 0 Å². The normalized spacial score (nSPS) is 14.8. The first-order valence-electron chi connectivity index (χ1n) is 8.09. The van der Waals surface area contributed by atoms with Gasteiger partial charge in [0.15, 0.2) is 0 Å². The van der Waals surface area contributed by atoms with Crippen molar-refractivity contribution in [3.8, 4) is 0 Å². The second-order valence-electron chi connectivity index (χ2n) is 6.15. The van der Waals surface area contributed by atoms with Gasteiger partial charge in [-0.25, -0.2) is 0 Å². The Labute approximate surface area is 141 Å². The highest BCUT2D eigenvalue weighted by atomic mass is 16.5. The lowest BCUT2D eigenvalue weighted by Gasteiger charge is -2.34. The maximum Gasteiger partial charge on any atom is 0.253 e. The molecule has 3 rings (SSSR count). The molecule has 2 aromatic rings. The molecule has 6 heteroatoms. The fourth-order valence-electron chi connectivity index (χ4n) is 2.89. The predicted octanol–water partition coefficient (Wildman–Crippen LogP) is 1.82. The molecule has 0 unspecified atom stereocenters. The summed E-state index contributed by atoms with van der Waals surface area (Å²) in [6, 6.07) is 9.36. The smallest absolute Gasteiger partial charge is 0.253 e. The lowest BCUT2D eigenvalue weighted by atomic mass is 10.1. The maximum absolute atomic E-state index is 12.5. The molecule has 1 aliphatic heterocycles. The van der Waals surface area contributed by atoms with E-state index in [0.29, 0.717) is 43.2 Å². The number of carbonyl (C=O) groups excluding carboxylic acids is 2. The van der Waals surface area contributed by atoms with Gasteiger partial charge in [0.2, 0.25) is 5.91 Å². The zero-order valence-corrected chi connectivity index (χ0v) is 14.0. The Kier molecular flexibility index (Phi) is 4.64. The monoisotopic (exact) mass is 327 g/mol. The Morgan fingerprint density at radius 3 is 2.42 bits per heavy atom. The number of aryl methyl sites for hydroxylation is 2. The summed E-state index contributed by atoms with van der Waals surface area (Å²) in [5.74, 6) is 0.746. The molecule has 6 nitrogen and oxygen atoms in total. The van der Waals surface area contributed by atoms with Crippen molar-refractivity contribution in [1.82, 2.24) is 15.0 Å². The summed E-state index contributed by atoms with van der Waals surface area (Å²) >= 11 is 0. The van der Waals surface area contributed by atoms with Gasteiger partial charge in [-0.05, 0) is 26.0 Å². The zero-order chi connectivity index (χ0) is 17.1. The van der Waals surface area contributed by atoms with Crippen LogP contribution in [-0.2, 0) is 11.2 Å². The van der Waals surface area contributed by atoms with Crippen LogP contribution in [0.2, 0.25) is 0 Å². The van der Waals surface area contributed by atoms with Crippen molar-refractivity contribution in [2.24, 2.45) is 0 Å². The molecule has 0 aliphatic carbocycles. The molecule has 0 atom stereocenters. The third-order valence-corrected chi connectivity index (χ3v) is 4.19. The molecule has 24 heavy (non-hydrogen) atoms. The summed E-state index contributed by atoms with van der Waals surface area (Å²) in [7, 11) is 0. The van der Waals surface area contributed by atoms with Gasteiger partial charge >= 0.3 is 0 Å². The highest BCUT2D eigenvalue weighted by Crippen LogP contribution is 2.12. The molecule has 0 N–H and O–H groups in total. The minimum absolute atomic E-state index is 0.0194. The van der Waals surface area contributed by atoms with Crippen LogP contribution in [0.15, 0.2) is 34.9 Å². The van der Waals surface area contributed by atoms with E-state index in [1.165, 1.54) is 0 Å². The van der Waals surface area contributed by atoms with Crippen LogP contribution in [0.25, 0.3) is 0 Å². The minimum atomic E-state index is 0.0194. The fraction of sp³-hybridized carbons (Fsp3) is 0.389. The van der Waals surface area contributed by atoms with E-state index in [1.807, 2.05) is 31.2 Å². The number of rotatable bonds is 3. The van der Waals surface area contributed by atoms with Crippen molar-refractivity contribution in [3.05, 3.63) is 52.9 Å². The van der Waals surface area contributed by atoms with Gasteiger partial charge in [-0.15, -0.1) is 0 Å². The summed E-state index contributed by atoms with van der Waals surface area (Å²) in [6.45, 7) is 5.98. The van der Waals surface area contributed by atoms with E-state index in [-0.39, 0.29) is 18.2 Å². The largest absolute Gasteiger partial charge is 0.361 e. The molecule has 1 aromatic heterocycles. The molecule has 2 heterocycles. The predicted molar refractivity (Wildman–Crippen MR) is 88.6 cm³/mol. The summed E-state index contributed by atoms with van der Waals surface area (Å²) in [6.07, 6.45) is 0.239. The van der Waals surface area contributed by atoms with Crippen LogP contribution < -0.4 is 0 Å². The molecule has 1 fully saturated rings. The fourth-order valence-corrected chi connectivity index (χ4v) is 2.89. The van der Waals surface area contributed by atoms with E-state index < -0.39 is 0 Å². The quantitative estimate of drug-likeness (QED) is 0.862. The van der Waals surface area contributed by atoms with Crippen molar-refractivity contribution in [1.29, 1.82) is 0 Å². The molecule has 1 aliphatic rings. The summed E-state index contributed by atoms with van der Waals surface area (Å²) < 4.78 is 4.99. The molecule has 0 saturated carbocycles. The third kappa shape index (κ3) is 3.64. The van der Waals surface area contributed by atoms with Gasteiger partial charge in [-0.1, -0.05) is 22.9 Å². The number of hydrogen-bond acceptors (Lipinski definition) is 4. The molecular formula is C18H21N3O3. The Morgan fingerprint density at radius 2 is 1.79 bits per heavy atom. The van der Waals surface area contributed by atoms with Crippen LogP contribution >= 0.6 is 0 Å². The van der Waals surface area contributed by atoms with Crippen LogP contribution in [-0.4, -0.2) is 52.9 Å². The van der Waals surface area contributed by atoms with Crippen molar-refractivity contribution in [2.45, 2.75) is 20.3 Å². The van der Waals surface area contributed by atoms with E-state index in [4.69, 9.17) is 4.52 Å². The lowest BCUT2D eigenvalue weighted by molar-refractivity contribution is -0.132. The van der Waals surface area contributed by atoms with E-state index in [9.17, 15) is 9.59 Å². The molecule has 0 spiro atoms. The molecule has 126 valence electrons. The van der Waals surface area contributed by atoms with Gasteiger partial charge in [0.05, 0.1) is 12.1 Å². The van der Waals surface area contributed by atoms with Gasteiger partial charge in [0.25, 0.3) is 5.91 Å². The molecule has 0 radical (unpaired) electrons. The van der Waals surface area contributed by atoms with Crippen molar-refractivity contribution < 1.29 is 14.1 Å². The topological polar surface area (TPSA) is 66.7 Å². The van der Waals surface area contributed by atoms with E-state index in [0.717, 1.165) is 5.56 Å². The number of nitrogens with zero attached hydrogens (tertiary/aromatic N) is 3. The SMILES string of the molecule is Cc1cccc(C(=O)N2CCN(C(=O)Cc3cc(C)on3)CC2)c1. The maximum atomic E-state index is 12.5. The van der Waals surface area contributed by atoms with E-state index >= 15 is 0 Å². The first-order chi connectivity index (χ1) is 11.5. The second-order valence-corrected chi connectivity index (χ2v) is 6.15. The summed E-state index contributed by atoms with van der Waals surface area (Å²) in [4.78, 5) is 28.4. The van der Waals surface area contributed by atoms with Gasteiger partial charge in [0, 0.05) is 37.8 Å². The minimum Gasteiger partial charge on any atom is -0.361 e. The Balaban J connectivity index is 1.55. The summed E-state index contributed by atoms with van der Waals surface area (Å²) in [5, 5.41) is 3.85. The van der Waals surface area contributed by atoms with E-state index in [2.05, 4.69) is 5.16 Å². The highest BCUT2D eigenvalue weighted by molar-refractivity contribution is 5.94. The van der Waals surface area contributed by atoms with Crippen molar-refractivity contribution in [2.75, 3.05) is 26.2 Å². The molecule has 0 bridgehead atoms. The first kappa shape index (κ1) is 16.2. The number of hydrogen-bond donors (Lipinski definition) is 0. The second kappa shape index (κ2) is 6.86. The standard InChI is InChI=1S/C18H21N3O3/c1-13-4-3-5-15(10-13)18(23)21-8-6-20(7-9-21)17(22)12-16-11-14(2)24-19-16/h3-5,10-11H,6-9,12H2,1-2H3. The molecule has 1 aromatic carbocycles. The zero-order valence-electron chi connectivity index (χ0n) is 14.0. The summed E-state index contributed by atoms with van der Waals surface area (Å²) in [5.41, 5.74) is 2.42. The van der Waals surface area contributed by atoms with E-state index in [1.54, 1.807) is 22.8 Å². The Hall–Kier alpha value is -2.63. The number of carbonyl (C=O) groups is 2. The van der Waals surface area contributed by atoms with Gasteiger partial charge in [-0.3, -0.25) is 9.59 Å². The molecule has 2 amide bonds. The first-order valence-corrected chi connectivity index (χ1v) is 8.09. The lowest BCUT2D eigenvalue weighted by Crippen LogP contribution is -2.51. The van der Waals surface area contributed by atoms with Crippen LogP contribution in [0.1, 0.15) is 27.4 Å². The molecular weight excluding hydrogens is 306 g/mol. The van der Waals surface area contributed by atoms with Crippen molar-refractivity contribution in [3.63, 3.8) is 0 Å². The van der Waals surface area contributed by atoms with Crippen molar-refractivity contribution >= 4 is 11.8 Å². The van der Waals surface area contributed by atoms with Crippen LogP contribution in [0.4, 0.5) is 0 Å². The van der Waals surface area contributed by atoms with Crippen LogP contribution in [0, 0.1) is 13.8 Å². The number of piperazine rings is 1. The number of aromatic nitrogens is 1. The average Bonchev–Trinajstić information content (AvgIpc) is 2.99. The molecule has 1 saturated heterocycles. The van der Waals surface area contributed by atoms with Crippen LogP contribution in [0.3, 0.4) is 0 Å². The average molecular weight is 327 g/mol.